The van der Waals surface area contributed by atoms with Crippen LogP contribution in [-0.4, -0.2) is 25.2 Å². The molecule has 0 unspecified atom stereocenters. The van der Waals surface area contributed by atoms with Gasteiger partial charge < -0.3 is 10.8 Å². The molecule has 0 aliphatic rings. The molecule has 18 heavy (non-hydrogen) atoms. The first-order valence-corrected chi connectivity index (χ1v) is 6.73. The minimum atomic E-state index is -3.73. The third-order valence-corrected chi connectivity index (χ3v) is 3.44. The Morgan fingerprint density at radius 3 is 2.72 bits per heavy atom. The van der Waals surface area contributed by atoms with Crippen molar-refractivity contribution < 1.29 is 22.7 Å². The molecule has 0 aliphatic heterocycles. The van der Waals surface area contributed by atoms with E-state index in [1.807, 2.05) is 0 Å². The topological polar surface area (TPSA) is 109 Å². The highest BCUT2D eigenvalue weighted by Crippen LogP contribution is 2.20. The molecule has 0 bridgehead atoms. The predicted molar refractivity (Wildman–Crippen MR) is 65.1 cm³/mol. The van der Waals surface area contributed by atoms with Crippen molar-refractivity contribution in [3.05, 3.63) is 24.0 Å². The Morgan fingerprint density at radius 2 is 2.11 bits per heavy atom. The van der Waals surface area contributed by atoms with Crippen LogP contribution >= 0.6 is 0 Å². The van der Waals surface area contributed by atoms with Gasteiger partial charge in [0, 0.05) is 12.5 Å². The maximum absolute atomic E-state index is 12.9. The standard InChI is InChI=1S/C10H13FN2O4S/c11-7-3-4-8(12)9(6-7)13-18(16,17)5-1-2-10(14)15/h3-4,6,13H,1-2,5,12H2,(H,14,15). The summed E-state index contributed by atoms with van der Waals surface area (Å²) < 4.78 is 38.2. The van der Waals surface area contributed by atoms with Gasteiger partial charge in [-0.25, -0.2) is 12.8 Å². The number of benzene rings is 1. The molecule has 0 saturated carbocycles. The predicted octanol–water partition coefficient (Wildman–Crippen LogP) is 1.01. The van der Waals surface area contributed by atoms with Gasteiger partial charge in [-0.05, 0) is 18.6 Å². The van der Waals surface area contributed by atoms with Crippen LogP contribution in [0.15, 0.2) is 18.2 Å². The second-order valence-corrected chi connectivity index (χ2v) is 5.49. The molecule has 1 aromatic carbocycles. The number of nitrogens with one attached hydrogen (secondary N) is 1. The van der Waals surface area contributed by atoms with Crippen LogP contribution in [-0.2, 0) is 14.8 Å². The van der Waals surface area contributed by atoms with Gasteiger partial charge in [0.2, 0.25) is 10.0 Å². The molecular weight excluding hydrogens is 263 g/mol. The molecule has 1 rings (SSSR count). The highest BCUT2D eigenvalue weighted by molar-refractivity contribution is 7.92. The molecule has 6 nitrogen and oxygen atoms in total. The molecule has 0 amide bonds. The van der Waals surface area contributed by atoms with E-state index in [2.05, 4.69) is 4.72 Å². The molecule has 0 aromatic heterocycles. The third-order valence-electron chi connectivity index (χ3n) is 2.08. The van der Waals surface area contributed by atoms with E-state index in [0.29, 0.717) is 0 Å². The van der Waals surface area contributed by atoms with E-state index in [1.54, 1.807) is 0 Å². The fourth-order valence-electron chi connectivity index (χ4n) is 1.25. The Kier molecular flexibility index (Phi) is 4.49. The summed E-state index contributed by atoms with van der Waals surface area (Å²) in [6.45, 7) is 0. The van der Waals surface area contributed by atoms with Crippen LogP contribution in [0.5, 0.6) is 0 Å². The van der Waals surface area contributed by atoms with Crippen LogP contribution in [0.4, 0.5) is 15.8 Å². The summed E-state index contributed by atoms with van der Waals surface area (Å²) in [6.07, 6.45) is -0.278. The van der Waals surface area contributed by atoms with Crippen LogP contribution in [0, 0.1) is 5.82 Å². The van der Waals surface area contributed by atoms with E-state index in [4.69, 9.17) is 10.8 Å². The van der Waals surface area contributed by atoms with Crippen molar-refractivity contribution >= 4 is 27.4 Å². The zero-order chi connectivity index (χ0) is 13.8. The molecule has 0 heterocycles. The highest BCUT2D eigenvalue weighted by Gasteiger charge is 2.13. The summed E-state index contributed by atoms with van der Waals surface area (Å²) in [6, 6.07) is 3.31. The average Bonchev–Trinajstić information content (AvgIpc) is 2.22. The van der Waals surface area contributed by atoms with Gasteiger partial charge in [0.05, 0.1) is 17.1 Å². The Morgan fingerprint density at radius 1 is 1.44 bits per heavy atom. The van der Waals surface area contributed by atoms with Crippen molar-refractivity contribution in [2.75, 3.05) is 16.2 Å². The first kappa shape index (κ1) is 14.2. The Bertz CT molecular complexity index is 545. The number of aliphatic carboxylic acids is 1. The van der Waals surface area contributed by atoms with E-state index >= 15 is 0 Å². The SMILES string of the molecule is Nc1ccc(F)cc1NS(=O)(=O)CCCC(=O)O. The van der Waals surface area contributed by atoms with E-state index in [1.165, 1.54) is 6.07 Å². The van der Waals surface area contributed by atoms with Gasteiger partial charge >= 0.3 is 5.97 Å². The Balaban J connectivity index is 2.70. The summed E-state index contributed by atoms with van der Waals surface area (Å²) in [5.41, 5.74) is 5.53. The van der Waals surface area contributed by atoms with E-state index in [-0.39, 0.29) is 30.0 Å². The molecule has 0 spiro atoms. The lowest BCUT2D eigenvalue weighted by molar-refractivity contribution is -0.137. The zero-order valence-electron chi connectivity index (χ0n) is 9.39. The second kappa shape index (κ2) is 5.67. The molecule has 0 aliphatic carbocycles. The molecule has 1 aromatic rings. The molecule has 8 heteroatoms. The number of anilines is 2. The van der Waals surface area contributed by atoms with Crippen molar-refractivity contribution in [1.82, 2.24) is 0 Å². The first-order valence-electron chi connectivity index (χ1n) is 5.07. The van der Waals surface area contributed by atoms with Crippen molar-refractivity contribution in [2.24, 2.45) is 0 Å². The lowest BCUT2D eigenvalue weighted by Gasteiger charge is -2.09. The monoisotopic (exact) mass is 276 g/mol. The summed E-state index contributed by atoms with van der Waals surface area (Å²) in [4.78, 5) is 10.3. The van der Waals surface area contributed by atoms with Gasteiger partial charge in [-0.2, -0.15) is 0 Å². The average molecular weight is 276 g/mol. The van der Waals surface area contributed by atoms with Crippen molar-refractivity contribution in [3.63, 3.8) is 0 Å². The smallest absolute Gasteiger partial charge is 0.303 e. The highest BCUT2D eigenvalue weighted by atomic mass is 32.2. The maximum Gasteiger partial charge on any atom is 0.303 e. The van der Waals surface area contributed by atoms with Crippen molar-refractivity contribution in [2.45, 2.75) is 12.8 Å². The lowest BCUT2D eigenvalue weighted by Crippen LogP contribution is -2.18. The van der Waals surface area contributed by atoms with Gasteiger partial charge in [-0.1, -0.05) is 0 Å². The van der Waals surface area contributed by atoms with Crippen molar-refractivity contribution in [3.8, 4) is 0 Å². The Labute approximate surface area is 104 Å². The minimum absolute atomic E-state index is 0.0279. The van der Waals surface area contributed by atoms with Crippen LogP contribution in [0.25, 0.3) is 0 Å². The van der Waals surface area contributed by atoms with E-state index in [9.17, 15) is 17.6 Å². The Hall–Kier alpha value is -1.83. The molecule has 0 atom stereocenters. The van der Waals surface area contributed by atoms with Gasteiger partial charge in [0.1, 0.15) is 5.82 Å². The van der Waals surface area contributed by atoms with Crippen LogP contribution in [0.3, 0.4) is 0 Å². The molecule has 0 radical (unpaired) electrons. The van der Waals surface area contributed by atoms with Gasteiger partial charge in [-0.15, -0.1) is 0 Å². The van der Waals surface area contributed by atoms with Gasteiger partial charge in [0.25, 0.3) is 0 Å². The van der Waals surface area contributed by atoms with Gasteiger partial charge in [-0.3, -0.25) is 9.52 Å². The number of carbonyl (C=O) groups is 1. The number of halogens is 1. The fraction of sp³-hybridized carbons (Fsp3) is 0.300. The zero-order valence-corrected chi connectivity index (χ0v) is 10.2. The summed E-state index contributed by atoms with van der Waals surface area (Å²) >= 11 is 0. The molecule has 4 N–H and O–H groups in total. The number of carboxylic acid groups (broad SMARTS) is 1. The molecule has 0 fully saturated rings. The maximum atomic E-state index is 12.9. The van der Waals surface area contributed by atoms with E-state index in [0.717, 1.165) is 12.1 Å². The van der Waals surface area contributed by atoms with Gasteiger partial charge in [0.15, 0.2) is 0 Å². The minimum Gasteiger partial charge on any atom is -0.481 e. The summed E-state index contributed by atoms with van der Waals surface area (Å²) in [7, 11) is -3.73. The quantitative estimate of drug-likeness (QED) is 0.672. The lowest BCUT2D eigenvalue weighted by atomic mass is 10.3. The van der Waals surface area contributed by atoms with Crippen LogP contribution in [0.1, 0.15) is 12.8 Å². The normalized spacial score (nSPS) is 11.2. The van der Waals surface area contributed by atoms with Crippen LogP contribution in [0.2, 0.25) is 0 Å². The molecule has 100 valence electrons. The van der Waals surface area contributed by atoms with E-state index < -0.39 is 21.8 Å². The third kappa shape index (κ3) is 4.58. The van der Waals surface area contributed by atoms with Crippen molar-refractivity contribution in [1.29, 1.82) is 0 Å². The summed E-state index contributed by atoms with van der Waals surface area (Å²) in [5, 5.41) is 8.40. The number of nitrogen functional groups attached to an aromatic ring is 1. The second-order valence-electron chi connectivity index (χ2n) is 3.65. The summed E-state index contributed by atoms with van der Waals surface area (Å²) in [5.74, 6) is -2.06. The number of hydrogen-bond acceptors (Lipinski definition) is 4. The number of carboxylic acids is 1. The first-order chi connectivity index (χ1) is 8.30. The number of hydrogen-bond donors (Lipinski definition) is 3. The number of nitrogens with two attached hydrogens (primary N) is 1. The fourth-order valence-corrected chi connectivity index (χ4v) is 2.39. The number of rotatable bonds is 6. The largest absolute Gasteiger partial charge is 0.481 e. The molecule has 0 saturated heterocycles. The number of sulfonamides is 1. The molecular formula is C10H13FN2O4S. The van der Waals surface area contributed by atoms with Crippen LogP contribution < -0.4 is 10.5 Å².